The summed E-state index contributed by atoms with van der Waals surface area (Å²) in [6.07, 6.45) is 0. The summed E-state index contributed by atoms with van der Waals surface area (Å²) in [6, 6.07) is 10.6. The van der Waals surface area contributed by atoms with Gasteiger partial charge in [0.2, 0.25) is 5.89 Å². The van der Waals surface area contributed by atoms with Crippen LogP contribution in [0.25, 0.3) is 11.5 Å². The molecule has 8 heteroatoms. The number of thioether (sulfide) groups is 1. The minimum atomic E-state index is 0.350. The highest BCUT2D eigenvalue weighted by molar-refractivity contribution is 7.98. The molecule has 3 rings (SSSR count). The Hall–Kier alpha value is -0.910. The molecule has 0 saturated carbocycles. The number of benzene rings is 2. The van der Waals surface area contributed by atoms with Crippen LogP contribution in [-0.2, 0) is 5.75 Å². The summed E-state index contributed by atoms with van der Waals surface area (Å²) in [5.41, 5.74) is 1.65. The van der Waals surface area contributed by atoms with Crippen LogP contribution in [-0.4, -0.2) is 10.2 Å². The zero-order valence-corrected chi connectivity index (χ0v) is 15.2. The average Bonchev–Trinajstić information content (AvgIpc) is 2.97. The molecule has 0 atom stereocenters. The summed E-state index contributed by atoms with van der Waals surface area (Å²) in [5, 5.41) is 10.5. The monoisotopic (exact) mass is 404 g/mol. The van der Waals surface area contributed by atoms with Gasteiger partial charge in [-0.05, 0) is 35.9 Å². The molecule has 0 unspecified atom stereocenters. The van der Waals surface area contributed by atoms with Gasteiger partial charge in [0, 0.05) is 10.8 Å². The molecule has 0 saturated heterocycles. The number of hydrogen-bond donors (Lipinski definition) is 0. The highest BCUT2D eigenvalue weighted by Crippen LogP contribution is 2.32. The van der Waals surface area contributed by atoms with Crippen molar-refractivity contribution < 1.29 is 4.42 Å². The summed E-state index contributed by atoms with van der Waals surface area (Å²) >= 11 is 25.3. The SMILES string of the molecule is Clc1ccc(-c2nnc(SCc3ccc(Cl)c(Cl)c3)o2)c(Cl)c1. The molecule has 1 aromatic heterocycles. The molecule has 0 spiro atoms. The van der Waals surface area contributed by atoms with Crippen LogP contribution in [0, 0.1) is 0 Å². The molecule has 118 valence electrons. The number of rotatable bonds is 4. The third-order valence-corrected chi connectivity index (χ3v) is 5.09. The molecular formula is C15H8Cl4N2OS. The van der Waals surface area contributed by atoms with Crippen molar-refractivity contribution in [2.75, 3.05) is 0 Å². The molecule has 3 nitrogen and oxygen atoms in total. The largest absolute Gasteiger partial charge is 0.411 e. The predicted molar refractivity (Wildman–Crippen MR) is 95.8 cm³/mol. The summed E-state index contributed by atoms with van der Waals surface area (Å²) in [5.74, 6) is 0.982. The Labute approximate surface area is 156 Å². The molecule has 0 N–H and O–H groups in total. The molecule has 0 radical (unpaired) electrons. The van der Waals surface area contributed by atoms with E-state index in [1.165, 1.54) is 11.8 Å². The van der Waals surface area contributed by atoms with Crippen LogP contribution in [0.1, 0.15) is 5.56 Å². The Morgan fingerprint density at radius 3 is 2.43 bits per heavy atom. The lowest BCUT2D eigenvalue weighted by Crippen LogP contribution is -1.81. The lowest BCUT2D eigenvalue weighted by molar-refractivity contribution is 0.466. The Morgan fingerprint density at radius 2 is 1.70 bits per heavy atom. The molecule has 0 aliphatic rings. The second kappa shape index (κ2) is 7.32. The Balaban J connectivity index is 1.73. The molecule has 23 heavy (non-hydrogen) atoms. The predicted octanol–water partition coefficient (Wildman–Crippen LogP) is 6.64. The fraction of sp³-hybridized carbons (Fsp3) is 0.0667. The van der Waals surface area contributed by atoms with Gasteiger partial charge < -0.3 is 4.42 Å². The first-order valence-electron chi connectivity index (χ1n) is 6.38. The lowest BCUT2D eigenvalue weighted by atomic mass is 10.2. The third-order valence-electron chi connectivity index (χ3n) is 2.91. The van der Waals surface area contributed by atoms with Gasteiger partial charge in [-0.25, -0.2) is 0 Å². The molecule has 0 amide bonds. The summed E-state index contributed by atoms with van der Waals surface area (Å²) in [6.45, 7) is 0. The summed E-state index contributed by atoms with van der Waals surface area (Å²) in [4.78, 5) is 0. The van der Waals surface area contributed by atoms with Crippen molar-refractivity contribution in [2.24, 2.45) is 0 Å². The minimum Gasteiger partial charge on any atom is -0.411 e. The molecular weight excluding hydrogens is 398 g/mol. The number of aromatic nitrogens is 2. The standard InChI is InChI=1S/C15H8Cl4N2OS/c16-9-2-3-10(12(18)6-9)14-20-21-15(22-14)23-7-8-1-4-11(17)13(19)5-8/h1-6H,7H2. The molecule has 0 fully saturated rings. The maximum atomic E-state index is 6.13. The van der Waals surface area contributed by atoms with Crippen molar-refractivity contribution in [3.63, 3.8) is 0 Å². The van der Waals surface area contributed by atoms with E-state index >= 15 is 0 Å². The summed E-state index contributed by atoms with van der Waals surface area (Å²) in [7, 11) is 0. The van der Waals surface area contributed by atoms with E-state index in [9.17, 15) is 0 Å². The Kier molecular flexibility index (Phi) is 5.39. The van der Waals surface area contributed by atoms with Crippen molar-refractivity contribution in [1.82, 2.24) is 10.2 Å². The number of nitrogens with zero attached hydrogens (tertiary/aromatic N) is 2. The van der Waals surface area contributed by atoms with Gasteiger partial charge in [0.25, 0.3) is 5.22 Å². The van der Waals surface area contributed by atoms with Gasteiger partial charge in [-0.3, -0.25) is 0 Å². The summed E-state index contributed by atoms with van der Waals surface area (Å²) < 4.78 is 5.62. The van der Waals surface area contributed by atoms with Crippen LogP contribution >= 0.6 is 58.2 Å². The number of hydrogen-bond acceptors (Lipinski definition) is 4. The van der Waals surface area contributed by atoms with Gasteiger partial charge >= 0.3 is 0 Å². The van der Waals surface area contributed by atoms with Crippen molar-refractivity contribution in [3.8, 4) is 11.5 Å². The van der Waals surface area contributed by atoms with Crippen molar-refractivity contribution in [1.29, 1.82) is 0 Å². The minimum absolute atomic E-state index is 0.350. The first-order valence-corrected chi connectivity index (χ1v) is 8.88. The third kappa shape index (κ3) is 4.14. The van der Waals surface area contributed by atoms with E-state index in [2.05, 4.69) is 10.2 Å². The molecule has 0 bridgehead atoms. The first-order chi connectivity index (χ1) is 11.0. The highest BCUT2D eigenvalue weighted by atomic mass is 35.5. The smallest absolute Gasteiger partial charge is 0.277 e. The van der Waals surface area contributed by atoms with E-state index in [1.54, 1.807) is 24.3 Å². The molecule has 0 aliphatic carbocycles. The van der Waals surface area contributed by atoms with Gasteiger partial charge in [0.15, 0.2) is 0 Å². The zero-order valence-electron chi connectivity index (χ0n) is 11.4. The van der Waals surface area contributed by atoms with Gasteiger partial charge in [-0.2, -0.15) is 0 Å². The van der Waals surface area contributed by atoms with Crippen LogP contribution < -0.4 is 0 Å². The van der Waals surface area contributed by atoms with E-state index in [4.69, 9.17) is 50.8 Å². The van der Waals surface area contributed by atoms with E-state index in [0.29, 0.717) is 42.5 Å². The molecule has 3 aromatic rings. The fourth-order valence-corrected chi connectivity index (χ4v) is 3.33. The van der Waals surface area contributed by atoms with E-state index in [1.807, 2.05) is 12.1 Å². The van der Waals surface area contributed by atoms with Crippen LogP contribution in [0.15, 0.2) is 46.0 Å². The average molecular weight is 406 g/mol. The number of halogens is 4. The molecule has 1 heterocycles. The maximum Gasteiger partial charge on any atom is 0.277 e. The van der Waals surface area contributed by atoms with Crippen molar-refractivity contribution >= 4 is 58.2 Å². The highest BCUT2D eigenvalue weighted by Gasteiger charge is 2.13. The second-order valence-electron chi connectivity index (χ2n) is 4.53. The lowest BCUT2D eigenvalue weighted by Gasteiger charge is -2.01. The normalized spacial score (nSPS) is 11.0. The Bertz CT molecular complexity index is 853. The van der Waals surface area contributed by atoms with Crippen molar-refractivity contribution in [2.45, 2.75) is 11.0 Å². The fourth-order valence-electron chi connectivity index (χ4n) is 1.81. The molecule has 2 aromatic carbocycles. The van der Waals surface area contributed by atoms with Gasteiger partial charge in [0.05, 0.1) is 20.6 Å². The zero-order chi connectivity index (χ0) is 16.4. The van der Waals surface area contributed by atoms with Crippen LogP contribution in [0.2, 0.25) is 20.1 Å². The van der Waals surface area contributed by atoms with Crippen LogP contribution in [0.4, 0.5) is 0 Å². The van der Waals surface area contributed by atoms with Gasteiger partial charge in [-0.15, -0.1) is 10.2 Å². The molecule has 0 aliphatic heterocycles. The van der Waals surface area contributed by atoms with Gasteiger partial charge in [0.1, 0.15) is 0 Å². The van der Waals surface area contributed by atoms with Crippen molar-refractivity contribution in [3.05, 3.63) is 62.1 Å². The first kappa shape index (κ1) is 16.9. The van der Waals surface area contributed by atoms with E-state index < -0.39 is 0 Å². The topological polar surface area (TPSA) is 38.9 Å². The van der Waals surface area contributed by atoms with Gasteiger partial charge in [-0.1, -0.05) is 64.2 Å². The van der Waals surface area contributed by atoms with E-state index in [-0.39, 0.29) is 0 Å². The van der Waals surface area contributed by atoms with E-state index in [0.717, 1.165) is 5.56 Å². The Morgan fingerprint density at radius 1 is 0.870 bits per heavy atom. The van der Waals surface area contributed by atoms with Crippen LogP contribution in [0.3, 0.4) is 0 Å². The van der Waals surface area contributed by atoms with Crippen LogP contribution in [0.5, 0.6) is 0 Å². The second-order valence-corrected chi connectivity index (χ2v) is 7.12. The maximum absolute atomic E-state index is 6.13. The quantitative estimate of drug-likeness (QED) is 0.456.